The van der Waals surface area contributed by atoms with Crippen molar-refractivity contribution in [1.82, 2.24) is 0 Å². The minimum absolute atomic E-state index is 0.116. The first-order valence-corrected chi connectivity index (χ1v) is 9.79. The van der Waals surface area contributed by atoms with E-state index in [-0.39, 0.29) is 5.56 Å². The average Bonchev–Trinajstić information content (AvgIpc) is 2.71. The lowest BCUT2D eigenvalue weighted by Gasteiger charge is -2.06. The number of hydrogen-bond acceptors (Lipinski definition) is 3. The SMILES string of the molecule is CCCCCCCCc1ccc(C(=O)C(=O)Nc2ccc(C(=O)O)cc2)cc1. The van der Waals surface area contributed by atoms with E-state index in [0.717, 1.165) is 18.4 Å². The van der Waals surface area contributed by atoms with Gasteiger partial charge in [0.25, 0.3) is 11.7 Å². The van der Waals surface area contributed by atoms with Crippen LogP contribution in [0.4, 0.5) is 5.69 Å². The molecule has 0 spiro atoms. The molecule has 2 rings (SSSR count). The van der Waals surface area contributed by atoms with Gasteiger partial charge in [-0.2, -0.15) is 0 Å². The minimum Gasteiger partial charge on any atom is -0.478 e. The quantitative estimate of drug-likeness (QED) is 0.322. The zero-order chi connectivity index (χ0) is 20.4. The average molecular weight is 381 g/mol. The van der Waals surface area contributed by atoms with Crippen LogP contribution in [0.25, 0.3) is 0 Å². The van der Waals surface area contributed by atoms with Crippen LogP contribution in [-0.4, -0.2) is 22.8 Å². The fourth-order valence-electron chi connectivity index (χ4n) is 2.95. The van der Waals surface area contributed by atoms with E-state index in [4.69, 9.17) is 5.11 Å². The Kier molecular flexibility index (Phi) is 8.40. The van der Waals surface area contributed by atoms with E-state index in [1.807, 2.05) is 12.1 Å². The number of Topliss-reactive ketones (excluding diaryl/α,β-unsaturated/α-hetero) is 1. The van der Waals surface area contributed by atoms with Crippen molar-refractivity contribution in [2.45, 2.75) is 51.9 Å². The van der Waals surface area contributed by atoms with Crippen molar-refractivity contribution in [2.75, 3.05) is 5.32 Å². The summed E-state index contributed by atoms with van der Waals surface area (Å²) in [4.78, 5) is 35.3. The summed E-state index contributed by atoms with van der Waals surface area (Å²) in [6.45, 7) is 2.21. The Balaban J connectivity index is 1.84. The predicted molar refractivity (Wildman–Crippen MR) is 110 cm³/mol. The van der Waals surface area contributed by atoms with Crippen LogP contribution in [0.3, 0.4) is 0 Å². The van der Waals surface area contributed by atoms with Crippen LogP contribution in [0.1, 0.15) is 71.7 Å². The molecule has 0 aliphatic rings. The molecular weight excluding hydrogens is 354 g/mol. The largest absolute Gasteiger partial charge is 0.478 e. The summed E-state index contributed by atoms with van der Waals surface area (Å²) < 4.78 is 0. The van der Waals surface area contributed by atoms with Crippen molar-refractivity contribution >= 4 is 23.3 Å². The summed E-state index contributed by atoms with van der Waals surface area (Å²) >= 11 is 0. The molecule has 0 aliphatic carbocycles. The highest BCUT2D eigenvalue weighted by atomic mass is 16.4. The van der Waals surface area contributed by atoms with E-state index in [0.29, 0.717) is 11.3 Å². The van der Waals surface area contributed by atoms with Crippen LogP contribution >= 0.6 is 0 Å². The third kappa shape index (κ3) is 6.65. The lowest BCUT2D eigenvalue weighted by Crippen LogP contribution is -2.22. The minimum atomic E-state index is -1.05. The van der Waals surface area contributed by atoms with Gasteiger partial charge in [-0.05, 0) is 42.7 Å². The molecule has 5 heteroatoms. The molecule has 0 fully saturated rings. The Bertz CT molecular complexity index is 794. The third-order valence-electron chi connectivity index (χ3n) is 4.63. The summed E-state index contributed by atoms with van der Waals surface area (Å²) in [5, 5.41) is 11.4. The van der Waals surface area contributed by atoms with Crippen LogP contribution in [0.2, 0.25) is 0 Å². The second kappa shape index (κ2) is 11.0. The van der Waals surface area contributed by atoms with E-state index in [1.165, 1.54) is 56.4 Å². The molecule has 0 aliphatic heterocycles. The second-order valence-electron chi connectivity index (χ2n) is 6.88. The number of carbonyl (C=O) groups is 3. The van der Waals surface area contributed by atoms with Crippen molar-refractivity contribution in [3.8, 4) is 0 Å². The smallest absolute Gasteiger partial charge is 0.335 e. The zero-order valence-electron chi connectivity index (χ0n) is 16.2. The molecule has 1 amide bonds. The predicted octanol–water partition coefficient (Wildman–Crippen LogP) is 5.11. The molecule has 28 heavy (non-hydrogen) atoms. The maximum atomic E-state index is 12.3. The lowest BCUT2D eigenvalue weighted by atomic mass is 10.0. The number of ketones is 1. The molecule has 0 bridgehead atoms. The van der Waals surface area contributed by atoms with Gasteiger partial charge in [-0.3, -0.25) is 9.59 Å². The molecule has 0 unspecified atom stereocenters. The van der Waals surface area contributed by atoms with E-state index in [2.05, 4.69) is 12.2 Å². The van der Waals surface area contributed by atoms with Crippen molar-refractivity contribution in [2.24, 2.45) is 0 Å². The summed E-state index contributed by atoms with van der Waals surface area (Å²) in [7, 11) is 0. The maximum absolute atomic E-state index is 12.3. The second-order valence-corrected chi connectivity index (χ2v) is 6.88. The molecule has 0 saturated carbocycles. The van der Waals surface area contributed by atoms with Crippen molar-refractivity contribution < 1.29 is 19.5 Å². The number of carboxylic acid groups (broad SMARTS) is 1. The monoisotopic (exact) mass is 381 g/mol. The van der Waals surface area contributed by atoms with Gasteiger partial charge in [-0.15, -0.1) is 0 Å². The van der Waals surface area contributed by atoms with Gasteiger partial charge in [0.1, 0.15) is 0 Å². The Morgan fingerprint density at radius 3 is 1.96 bits per heavy atom. The van der Waals surface area contributed by atoms with Crippen molar-refractivity contribution in [3.05, 3.63) is 65.2 Å². The van der Waals surface area contributed by atoms with Gasteiger partial charge in [-0.1, -0.05) is 63.3 Å². The molecule has 0 heterocycles. The summed E-state index contributed by atoms with van der Waals surface area (Å²) in [5.74, 6) is -2.41. The standard InChI is InChI=1S/C23H27NO4/c1-2-3-4-5-6-7-8-17-9-11-18(12-10-17)21(25)22(26)24-20-15-13-19(14-16-20)23(27)28/h9-16H,2-8H2,1H3,(H,24,26)(H,27,28). The van der Waals surface area contributed by atoms with Crippen molar-refractivity contribution in [3.63, 3.8) is 0 Å². The van der Waals surface area contributed by atoms with Crippen LogP contribution in [0.5, 0.6) is 0 Å². The van der Waals surface area contributed by atoms with Gasteiger partial charge in [0.15, 0.2) is 0 Å². The van der Waals surface area contributed by atoms with E-state index < -0.39 is 17.7 Å². The van der Waals surface area contributed by atoms with Gasteiger partial charge >= 0.3 is 5.97 Å². The van der Waals surface area contributed by atoms with Gasteiger partial charge in [0.2, 0.25) is 0 Å². The van der Waals surface area contributed by atoms with Gasteiger partial charge in [0, 0.05) is 11.3 Å². The normalized spacial score (nSPS) is 10.5. The number of benzene rings is 2. The molecule has 5 nitrogen and oxygen atoms in total. The number of hydrogen-bond donors (Lipinski definition) is 2. The number of carbonyl (C=O) groups excluding carboxylic acids is 2. The first-order valence-electron chi connectivity index (χ1n) is 9.79. The summed E-state index contributed by atoms with van der Waals surface area (Å²) in [6, 6.07) is 12.8. The number of aryl methyl sites for hydroxylation is 1. The topological polar surface area (TPSA) is 83.5 Å². The number of carboxylic acids is 1. The summed E-state index contributed by atoms with van der Waals surface area (Å²) in [6.07, 6.45) is 8.41. The molecule has 0 aromatic heterocycles. The Morgan fingerprint density at radius 2 is 1.36 bits per heavy atom. The number of nitrogens with one attached hydrogen (secondary N) is 1. The molecule has 2 aromatic carbocycles. The first-order chi connectivity index (χ1) is 13.5. The number of anilines is 1. The van der Waals surface area contributed by atoms with Crippen LogP contribution in [0, 0.1) is 0 Å². The van der Waals surface area contributed by atoms with Crippen LogP contribution < -0.4 is 5.32 Å². The highest BCUT2D eigenvalue weighted by Crippen LogP contribution is 2.13. The Hall–Kier alpha value is -2.95. The Labute approximate surface area is 165 Å². The molecular formula is C23H27NO4. The maximum Gasteiger partial charge on any atom is 0.335 e. The van der Waals surface area contributed by atoms with Crippen LogP contribution in [-0.2, 0) is 11.2 Å². The first kappa shape index (κ1) is 21.4. The van der Waals surface area contributed by atoms with Crippen molar-refractivity contribution in [1.29, 1.82) is 0 Å². The van der Waals surface area contributed by atoms with Gasteiger partial charge < -0.3 is 10.4 Å². The molecule has 0 saturated heterocycles. The fraction of sp³-hybridized carbons (Fsp3) is 0.348. The fourth-order valence-corrected chi connectivity index (χ4v) is 2.95. The molecule has 0 radical (unpaired) electrons. The number of rotatable bonds is 11. The van der Waals surface area contributed by atoms with E-state index in [9.17, 15) is 14.4 Å². The highest BCUT2D eigenvalue weighted by Gasteiger charge is 2.16. The molecule has 0 atom stereocenters. The van der Waals surface area contributed by atoms with E-state index in [1.54, 1.807) is 12.1 Å². The van der Waals surface area contributed by atoms with E-state index >= 15 is 0 Å². The number of amides is 1. The highest BCUT2D eigenvalue weighted by molar-refractivity contribution is 6.46. The van der Waals surface area contributed by atoms with Gasteiger partial charge in [-0.25, -0.2) is 4.79 Å². The zero-order valence-corrected chi connectivity index (χ0v) is 16.2. The lowest BCUT2D eigenvalue weighted by molar-refractivity contribution is -0.112. The number of unbranched alkanes of at least 4 members (excludes halogenated alkanes) is 5. The third-order valence-corrected chi connectivity index (χ3v) is 4.63. The Morgan fingerprint density at radius 1 is 0.786 bits per heavy atom. The molecule has 148 valence electrons. The van der Waals surface area contributed by atoms with Crippen LogP contribution in [0.15, 0.2) is 48.5 Å². The number of aromatic carboxylic acids is 1. The molecule has 2 aromatic rings. The van der Waals surface area contributed by atoms with Gasteiger partial charge in [0.05, 0.1) is 5.56 Å². The summed E-state index contributed by atoms with van der Waals surface area (Å²) in [5.41, 5.74) is 2.00. The molecule has 2 N–H and O–H groups in total.